The van der Waals surface area contributed by atoms with Gasteiger partial charge in [0, 0.05) is 45.8 Å². The first-order valence-electron chi connectivity index (χ1n) is 10.5. The summed E-state index contributed by atoms with van der Waals surface area (Å²) in [7, 11) is 0. The lowest BCUT2D eigenvalue weighted by molar-refractivity contribution is 0.174. The normalized spacial score (nSPS) is 22.2. The number of ether oxygens (including phenoxy) is 2. The molecule has 2 fully saturated rings. The highest BCUT2D eigenvalue weighted by Gasteiger charge is 2.23. The van der Waals surface area contributed by atoms with E-state index in [0.29, 0.717) is 12.7 Å². The van der Waals surface area contributed by atoms with Gasteiger partial charge in [-0.25, -0.2) is 0 Å². The predicted molar refractivity (Wildman–Crippen MR) is 110 cm³/mol. The standard InChI is InChI=1S/C21H28N6O2/c1-16-3-2-6-27(13-16)20-12-22-24-21(23-20)26-9-7-25(8-10-26)14-17-4-5-18-19(11-17)29-15-28-18/h4-5,11-12,16H,2-3,6-10,13-15H2,1H3. The van der Waals surface area contributed by atoms with Crippen LogP contribution in [0.15, 0.2) is 24.4 Å². The fourth-order valence-corrected chi connectivity index (χ4v) is 4.37. The molecular formula is C21H28N6O2. The summed E-state index contributed by atoms with van der Waals surface area (Å²) in [6.45, 7) is 9.42. The van der Waals surface area contributed by atoms with Crippen LogP contribution in [0, 0.1) is 5.92 Å². The first-order valence-corrected chi connectivity index (χ1v) is 10.5. The average molecular weight is 396 g/mol. The van der Waals surface area contributed by atoms with Crippen LogP contribution in [-0.2, 0) is 6.54 Å². The van der Waals surface area contributed by atoms with Gasteiger partial charge in [-0.3, -0.25) is 4.90 Å². The van der Waals surface area contributed by atoms with Gasteiger partial charge < -0.3 is 19.3 Å². The maximum atomic E-state index is 5.49. The maximum Gasteiger partial charge on any atom is 0.247 e. The number of piperazine rings is 1. The minimum atomic E-state index is 0.320. The summed E-state index contributed by atoms with van der Waals surface area (Å²) < 4.78 is 10.9. The SMILES string of the molecule is CC1CCCN(c2cnnc(N3CCN(Cc4ccc5c(c4)OCO5)CC3)n2)C1. The molecule has 0 N–H and O–H groups in total. The van der Waals surface area contributed by atoms with Gasteiger partial charge in [0.15, 0.2) is 17.3 Å². The number of benzene rings is 1. The van der Waals surface area contributed by atoms with Crippen molar-refractivity contribution in [3.63, 3.8) is 0 Å². The molecule has 2 saturated heterocycles. The Hall–Kier alpha value is -2.61. The van der Waals surface area contributed by atoms with Crippen LogP contribution in [0.2, 0.25) is 0 Å². The Kier molecular flexibility index (Phi) is 5.10. The molecule has 8 heteroatoms. The van der Waals surface area contributed by atoms with Crippen LogP contribution in [-0.4, -0.2) is 66.1 Å². The van der Waals surface area contributed by atoms with E-state index < -0.39 is 0 Å². The number of piperidine rings is 1. The smallest absolute Gasteiger partial charge is 0.247 e. The monoisotopic (exact) mass is 396 g/mol. The molecule has 4 heterocycles. The molecule has 0 spiro atoms. The lowest BCUT2D eigenvalue weighted by atomic mass is 10.0. The Labute approximate surface area is 171 Å². The Morgan fingerprint density at radius 2 is 1.90 bits per heavy atom. The highest BCUT2D eigenvalue weighted by molar-refractivity contribution is 5.45. The topological polar surface area (TPSA) is 66.9 Å². The van der Waals surface area contributed by atoms with Gasteiger partial charge in [0.05, 0.1) is 6.20 Å². The molecule has 2 aromatic rings. The number of hydrogen-bond donors (Lipinski definition) is 0. The van der Waals surface area contributed by atoms with Crippen molar-refractivity contribution < 1.29 is 9.47 Å². The summed E-state index contributed by atoms with van der Waals surface area (Å²) >= 11 is 0. The van der Waals surface area contributed by atoms with Gasteiger partial charge >= 0.3 is 0 Å². The zero-order valence-electron chi connectivity index (χ0n) is 17.0. The Bertz CT molecular complexity index is 855. The number of aromatic nitrogens is 3. The van der Waals surface area contributed by atoms with Gasteiger partial charge in [-0.2, -0.15) is 10.1 Å². The third kappa shape index (κ3) is 4.07. The molecule has 0 aliphatic carbocycles. The van der Waals surface area contributed by atoms with Crippen molar-refractivity contribution in [3.05, 3.63) is 30.0 Å². The number of nitrogens with zero attached hydrogens (tertiary/aromatic N) is 6. The van der Waals surface area contributed by atoms with E-state index in [2.05, 4.69) is 44.0 Å². The molecule has 5 rings (SSSR count). The third-order valence-electron chi connectivity index (χ3n) is 6.01. The van der Waals surface area contributed by atoms with Crippen LogP contribution in [0.5, 0.6) is 11.5 Å². The fourth-order valence-electron chi connectivity index (χ4n) is 4.37. The molecule has 3 aliphatic rings. The second-order valence-electron chi connectivity index (χ2n) is 8.26. The molecule has 0 amide bonds. The summed E-state index contributed by atoms with van der Waals surface area (Å²) in [6, 6.07) is 6.21. The van der Waals surface area contributed by atoms with Crippen molar-refractivity contribution in [3.8, 4) is 11.5 Å². The van der Waals surface area contributed by atoms with Crippen LogP contribution >= 0.6 is 0 Å². The molecule has 0 saturated carbocycles. The van der Waals surface area contributed by atoms with Gasteiger partial charge in [-0.1, -0.05) is 13.0 Å². The van der Waals surface area contributed by atoms with E-state index in [0.717, 1.165) is 69.1 Å². The zero-order chi connectivity index (χ0) is 19.6. The Morgan fingerprint density at radius 1 is 1.03 bits per heavy atom. The van der Waals surface area contributed by atoms with Gasteiger partial charge in [0.25, 0.3) is 0 Å². The van der Waals surface area contributed by atoms with Gasteiger partial charge in [0.2, 0.25) is 12.7 Å². The number of rotatable bonds is 4. The summed E-state index contributed by atoms with van der Waals surface area (Å²) in [5.41, 5.74) is 1.25. The van der Waals surface area contributed by atoms with Gasteiger partial charge in [-0.15, -0.1) is 5.10 Å². The van der Waals surface area contributed by atoms with E-state index in [9.17, 15) is 0 Å². The highest BCUT2D eigenvalue weighted by Crippen LogP contribution is 2.33. The fraction of sp³-hybridized carbons (Fsp3) is 0.571. The van der Waals surface area contributed by atoms with E-state index >= 15 is 0 Å². The molecule has 29 heavy (non-hydrogen) atoms. The number of fused-ring (bicyclic) bond motifs is 1. The van der Waals surface area contributed by atoms with Crippen molar-refractivity contribution in [2.24, 2.45) is 5.92 Å². The van der Waals surface area contributed by atoms with Crippen molar-refractivity contribution in [2.45, 2.75) is 26.3 Å². The molecule has 1 unspecified atom stereocenters. The summed E-state index contributed by atoms with van der Waals surface area (Å²) in [5, 5.41) is 8.56. The van der Waals surface area contributed by atoms with Crippen LogP contribution in [0.3, 0.4) is 0 Å². The van der Waals surface area contributed by atoms with Crippen molar-refractivity contribution >= 4 is 11.8 Å². The molecule has 8 nitrogen and oxygen atoms in total. The van der Waals surface area contributed by atoms with Crippen LogP contribution in [0.25, 0.3) is 0 Å². The first kappa shape index (κ1) is 18.4. The molecule has 154 valence electrons. The highest BCUT2D eigenvalue weighted by atomic mass is 16.7. The Morgan fingerprint density at radius 3 is 2.76 bits per heavy atom. The molecule has 0 bridgehead atoms. The summed E-state index contributed by atoms with van der Waals surface area (Å²) in [5.74, 6) is 4.12. The second-order valence-corrected chi connectivity index (χ2v) is 8.26. The van der Waals surface area contributed by atoms with Gasteiger partial charge in [-0.05, 0) is 36.5 Å². The lowest BCUT2D eigenvalue weighted by Gasteiger charge is -2.35. The quantitative estimate of drug-likeness (QED) is 0.779. The van der Waals surface area contributed by atoms with E-state index in [4.69, 9.17) is 14.5 Å². The Balaban J connectivity index is 1.19. The maximum absolute atomic E-state index is 5.49. The van der Waals surface area contributed by atoms with E-state index in [1.807, 2.05) is 6.07 Å². The van der Waals surface area contributed by atoms with Crippen molar-refractivity contribution in [1.29, 1.82) is 0 Å². The minimum absolute atomic E-state index is 0.320. The second kappa shape index (κ2) is 8.02. The first-order chi connectivity index (χ1) is 14.2. The van der Waals surface area contributed by atoms with Crippen molar-refractivity contribution in [2.75, 3.05) is 55.9 Å². The summed E-state index contributed by atoms with van der Waals surface area (Å²) in [6.07, 6.45) is 4.32. The van der Waals surface area contributed by atoms with Crippen LogP contribution in [0.1, 0.15) is 25.3 Å². The molecule has 0 radical (unpaired) electrons. The molecule has 1 atom stereocenters. The van der Waals surface area contributed by atoms with Crippen LogP contribution in [0.4, 0.5) is 11.8 Å². The molecular weight excluding hydrogens is 368 g/mol. The number of hydrogen-bond acceptors (Lipinski definition) is 8. The predicted octanol–water partition coefficient (Wildman–Crippen LogP) is 2.16. The zero-order valence-corrected chi connectivity index (χ0v) is 17.0. The average Bonchev–Trinajstić information content (AvgIpc) is 3.22. The molecule has 3 aliphatic heterocycles. The molecule has 1 aromatic heterocycles. The van der Waals surface area contributed by atoms with E-state index in [1.54, 1.807) is 6.20 Å². The minimum Gasteiger partial charge on any atom is -0.454 e. The van der Waals surface area contributed by atoms with Gasteiger partial charge in [0.1, 0.15) is 0 Å². The third-order valence-corrected chi connectivity index (χ3v) is 6.01. The van der Waals surface area contributed by atoms with E-state index in [1.165, 1.54) is 18.4 Å². The van der Waals surface area contributed by atoms with Crippen molar-refractivity contribution in [1.82, 2.24) is 20.1 Å². The largest absolute Gasteiger partial charge is 0.454 e. The number of anilines is 2. The summed E-state index contributed by atoms with van der Waals surface area (Å²) in [4.78, 5) is 11.9. The lowest BCUT2D eigenvalue weighted by Crippen LogP contribution is -2.46. The van der Waals surface area contributed by atoms with E-state index in [-0.39, 0.29) is 0 Å². The molecule has 1 aromatic carbocycles. The van der Waals surface area contributed by atoms with Crippen LogP contribution < -0.4 is 19.3 Å².